The molecule has 1 heterocycles. The minimum Gasteiger partial charge on any atom is -0.339 e. The fourth-order valence-electron chi connectivity index (χ4n) is 6.32. The summed E-state index contributed by atoms with van der Waals surface area (Å²) in [6.45, 7) is 7.21. The van der Waals surface area contributed by atoms with E-state index in [1.165, 1.54) is 50.5 Å². The maximum atomic E-state index is 4.35. The third kappa shape index (κ3) is 8.01. The average molecular weight is 605 g/mol. The quantitative estimate of drug-likeness (QED) is 0.123. The van der Waals surface area contributed by atoms with E-state index in [1.54, 1.807) is 0 Å². The van der Waals surface area contributed by atoms with Gasteiger partial charge in [-0.2, -0.15) is 0 Å². The predicted molar refractivity (Wildman–Crippen MR) is 198 cm³/mol. The van der Waals surface area contributed by atoms with Gasteiger partial charge in [-0.25, -0.2) is 4.98 Å². The summed E-state index contributed by atoms with van der Waals surface area (Å²) in [6, 6.07) is 51.2. The van der Waals surface area contributed by atoms with E-state index in [1.807, 2.05) is 12.5 Å². The van der Waals surface area contributed by atoms with Crippen molar-refractivity contribution in [3.63, 3.8) is 0 Å². The first kappa shape index (κ1) is 32.0. The molecule has 6 rings (SSSR count). The van der Waals surface area contributed by atoms with E-state index in [9.17, 15) is 0 Å². The Kier molecular flexibility index (Phi) is 11.4. The zero-order valence-corrected chi connectivity index (χ0v) is 28.0. The third-order valence-corrected chi connectivity index (χ3v) is 13.6. The normalized spacial score (nSPS) is 11.0. The summed E-state index contributed by atoms with van der Waals surface area (Å²) in [5, 5.41) is 4.35. The zero-order chi connectivity index (χ0) is 31.3. The number of hydrogen-bond acceptors (Lipinski definition) is 1. The standard InChI is InChI=1S/C28H32N2Si.C13H13B/c1-3-8-24-12-16-27(17-13-24)31(23-30-21-20-29-22-30,26-10-6-5-7-11-26)28-18-14-25(9-4-2)15-19-28;1-14(12-8-4-2-5-9-12)13-10-6-3-7-11-13/h5-7,10-22H,3-4,8-9,23H2,1-2H3;2-11H,1H3. The highest BCUT2D eigenvalue weighted by Crippen LogP contribution is 2.14. The molecule has 0 aliphatic carbocycles. The Hall–Kier alpha value is -4.41. The first-order chi connectivity index (χ1) is 22.1. The molecule has 0 unspecified atom stereocenters. The minimum absolute atomic E-state index is 0.484. The molecule has 45 heavy (non-hydrogen) atoms. The van der Waals surface area contributed by atoms with Gasteiger partial charge in [0.1, 0.15) is 0 Å². The zero-order valence-electron chi connectivity index (χ0n) is 27.0. The molecule has 226 valence electrons. The second kappa shape index (κ2) is 16.1. The van der Waals surface area contributed by atoms with Gasteiger partial charge in [-0.05, 0) is 39.5 Å². The van der Waals surface area contributed by atoms with Crippen LogP contribution in [0.15, 0.2) is 158 Å². The molecular formula is C41H45BN2Si. The van der Waals surface area contributed by atoms with Crippen LogP contribution in [0, 0.1) is 0 Å². The van der Waals surface area contributed by atoms with Gasteiger partial charge < -0.3 is 4.57 Å². The Morgan fingerprint density at radius 2 is 0.978 bits per heavy atom. The van der Waals surface area contributed by atoms with Crippen molar-refractivity contribution in [1.82, 2.24) is 9.55 Å². The van der Waals surface area contributed by atoms with Crippen LogP contribution in [-0.4, -0.2) is 24.3 Å². The fourth-order valence-corrected chi connectivity index (χ4v) is 10.8. The van der Waals surface area contributed by atoms with Crippen LogP contribution in [0.5, 0.6) is 0 Å². The molecule has 0 saturated carbocycles. The number of rotatable bonds is 11. The second-order valence-corrected chi connectivity index (χ2v) is 15.8. The molecule has 0 fully saturated rings. The van der Waals surface area contributed by atoms with E-state index in [0.717, 1.165) is 19.0 Å². The van der Waals surface area contributed by atoms with Crippen molar-refractivity contribution in [3.8, 4) is 0 Å². The molecule has 0 radical (unpaired) electrons. The molecule has 0 spiro atoms. The molecule has 6 aromatic rings. The van der Waals surface area contributed by atoms with Crippen molar-refractivity contribution in [2.24, 2.45) is 0 Å². The maximum absolute atomic E-state index is 4.35. The van der Waals surface area contributed by atoms with Gasteiger partial charge in [0.2, 0.25) is 6.71 Å². The molecule has 0 N–H and O–H groups in total. The van der Waals surface area contributed by atoms with Crippen LogP contribution in [0.25, 0.3) is 0 Å². The number of aromatic nitrogens is 2. The predicted octanol–water partition coefficient (Wildman–Crippen LogP) is 6.42. The topological polar surface area (TPSA) is 17.8 Å². The summed E-state index contributed by atoms with van der Waals surface area (Å²) < 4.78 is 2.26. The van der Waals surface area contributed by atoms with Crippen LogP contribution < -0.4 is 26.5 Å². The van der Waals surface area contributed by atoms with E-state index in [-0.39, 0.29) is 0 Å². The van der Waals surface area contributed by atoms with Gasteiger partial charge in [0.05, 0.1) is 6.33 Å². The van der Waals surface area contributed by atoms with Crippen LogP contribution in [0.1, 0.15) is 37.8 Å². The van der Waals surface area contributed by atoms with Crippen LogP contribution in [0.4, 0.5) is 0 Å². The smallest absolute Gasteiger partial charge is 0.206 e. The Bertz CT molecular complexity index is 1580. The van der Waals surface area contributed by atoms with Crippen LogP contribution in [0.3, 0.4) is 0 Å². The average Bonchev–Trinajstić information content (AvgIpc) is 3.63. The Balaban J connectivity index is 0.000000238. The molecule has 0 aliphatic rings. The van der Waals surface area contributed by atoms with Crippen molar-refractivity contribution in [1.29, 1.82) is 0 Å². The second-order valence-electron chi connectivity index (χ2n) is 11.9. The molecule has 0 aliphatic heterocycles. The largest absolute Gasteiger partial charge is 0.339 e. The van der Waals surface area contributed by atoms with Gasteiger partial charge in [-0.3, -0.25) is 0 Å². The lowest BCUT2D eigenvalue weighted by Gasteiger charge is -2.34. The first-order valence-electron chi connectivity index (χ1n) is 16.4. The van der Waals surface area contributed by atoms with Crippen LogP contribution >= 0.6 is 0 Å². The minimum atomic E-state index is -2.30. The van der Waals surface area contributed by atoms with Crippen molar-refractivity contribution in [2.75, 3.05) is 0 Å². The molecule has 0 amide bonds. The summed E-state index contributed by atoms with van der Waals surface area (Å²) in [4.78, 5) is 4.35. The number of benzene rings is 5. The van der Waals surface area contributed by atoms with Crippen LogP contribution in [0.2, 0.25) is 6.82 Å². The monoisotopic (exact) mass is 604 g/mol. The summed E-state index contributed by atoms with van der Waals surface area (Å²) in [5.74, 6) is 0. The van der Waals surface area contributed by atoms with Crippen molar-refractivity contribution in [2.45, 2.75) is 52.5 Å². The number of imidazole rings is 1. The highest BCUT2D eigenvalue weighted by atomic mass is 28.3. The molecule has 0 bridgehead atoms. The van der Waals surface area contributed by atoms with Crippen molar-refractivity contribution in [3.05, 3.63) is 169 Å². The fraction of sp³-hybridized carbons (Fsp3) is 0.195. The van der Waals surface area contributed by atoms with Gasteiger partial charge in [-0.1, -0.05) is 184 Å². The van der Waals surface area contributed by atoms with Gasteiger partial charge in [-0.15, -0.1) is 0 Å². The van der Waals surface area contributed by atoms with Gasteiger partial charge >= 0.3 is 0 Å². The molecular weight excluding hydrogens is 559 g/mol. The lowest BCUT2D eigenvalue weighted by molar-refractivity contribution is 0.861. The highest BCUT2D eigenvalue weighted by Gasteiger charge is 2.39. The van der Waals surface area contributed by atoms with E-state index in [2.05, 4.69) is 176 Å². The highest BCUT2D eigenvalue weighted by molar-refractivity contribution is 7.10. The molecule has 2 nitrogen and oxygen atoms in total. The number of aryl methyl sites for hydroxylation is 2. The van der Waals surface area contributed by atoms with E-state index in [4.69, 9.17) is 0 Å². The Labute approximate surface area is 271 Å². The molecule has 0 atom stereocenters. The Morgan fingerprint density at radius 1 is 0.556 bits per heavy atom. The van der Waals surface area contributed by atoms with Crippen molar-refractivity contribution >= 4 is 41.3 Å². The van der Waals surface area contributed by atoms with E-state index in [0.29, 0.717) is 6.71 Å². The number of nitrogens with zero attached hydrogens (tertiary/aromatic N) is 2. The van der Waals surface area contributed by atoms with E-state index < -0.39 is 8.07 Å². The summed E-state index contributed by atoms with van der Waals surface area (Å²) in [7, 11) is -2.30. The van der Waals surface area contributed by atoms with Gasteiger partial charge in [0.25, 0.3) is 0 Å². The van der Waals surface area contributed by atoms with E-state index >= 15 is 0 Å². The van der Waals surface area contributed by atoms with Crippen LogP contribution in [-0.2, 0) is 19.0 Å². The lowest BCUT2D eigenvalue weighted by atomic mass is 9.43. The van der Waals surface area contributed by atoms with Crippen molar-refractivity contribution < 1.29 is 0 Å². The number of hydrogen-bond donors (Lipinski definition) is 0. The summed E-state index contributed by atoms with van der Waals surface area (Å²) >= 11 is 0. The summed E-state index contributed by atoms with van der Waals surface area (Å²) in [6.07, 6.45) is 11.5. The lowest BCUT2D eigenvalue weighted by Crippen LogP contribution is -2.69. The molecule has 0 saturated heterocycles. The SMILES string of the molecule is CB(c1ccccc1)c1ccccc1.CCCc1ccc([Si](Cn2ccnc2)(c2ccccc2)c2ccc(CCC)cc2)cc1. The van der Waals surface area contributed by atoms with Gasteiger partial charge in [0.15, 0.2) is 8.07 Å². The maximum Gasteiger partial charge on any atom is 0.206 e. The molecule has 1 aromatic heterocycles. The first-order valence-corrected chi connectivity index (χ1v) is 18.6. The van der Waals surface area contributed by atoms with Gasteiger partial charge in [0, 0.05) is 18.6 Å². The molecule has 4 heteroatoms. The Morgan fingerprint density at radius 3 is 1.38 bits per heavy atom. The third-order valence-electron chi connectivity index (χ3n) is 8.82. The molecule has 5 aromatic carbocycles. The summed E-state index contributed by atoms with van der Waals surface area (Å²) in [5.41, 5.74) is 5.59.